The molecule has 17 heavy (non-hydrogen) atoms. The third-order valence-electron chi connectivity index (χ3n) is 3.15. The van der Waals surface area contributed by atoms with Crippen LogP contribution in [0.5, 0.6) is 0 Å². The first-order valence-electron chi connectivity index (χ1n) is 5.61. The summed E-state index contributed by atoms with van der Waals surface area (Å²) >= 11 is 0. The van der Waals surface area contributed by atoms with Crippen LogP contribution in [0, 0.1) is 11.7 Å². The van der Waals surface area contributed by atoms with Gasteiger partial charge >= 0.3 is 5.97 Å². The van der Waals surface area contributed by atoms with Crippen LogP contribution in [-0.2, 0) is 0 Å². The van der Waals surface area contributed by atoms with Crippen LogP contribution in [0.15, 0.2) is 18.2 Å². The molecule has 4 heteroatoms. The average Bonchev–Trinajstić information content (AvgIpc) is 2.26. The summed E-state index contributed by atoms with van der Waals surface area (Å²) in [6, 6.07) is 4.18. The molecule has 1 aromatic rings. The quantitative estimate of drug-likeness (QED) is 0.878. The number of aromatic carboxylic acids is 1. The predicted octanol–water partition coefficient (Wildman–Crippen LogP) is 3.00. The molecule has 0 heterocycles. The van der Waals surface area contributed by atoms with E-state index in [4.69, 9.17) is 5.11 Å². The van der Waals surface area contributed by atoms with Crippen LogP contribution in [0.2, 0.25) is 0 Å². The van der Waals surface area contributed by atoms with Crippen molar-refractivity contribution >= 4 is 11.7 Å². The number of hydrogen-bond acceptors (Lipinski definition) is 2. The number of carbonyl (C=O) groups is 1. The van der Waals surface area contributed by atoms with Gasteiger partial charge in [0.15, 0.2) is 0 Å². The summed E-state index contributed by atoms with van der Waals surface area (Å²) in [7, 11) is 1.72. The third kappa shape index (κ3) is 2.75. The first-order chi connectivity index (χ1) is 7.86. The van der Waals surface area contributed by atoms with E-state index in [1.165, 1.54) is 18.2 Å². The normalized spacial score (nSPS) is 12.6. The van der Waals surface area contributed by atoms with Crippen LogP contribution in [0.1, 0.15) is 31.1 Å². The minimum absolute atomic E-state index is 0.000000000000000222. The Morgan fingerprint density at radius 2 is 1.94 bits per heavy atom. The molecule has 0 saturated heterocycles. The molecular weight excluding hydrogens is 221 g/mol. The monoisotopic (exact) mass is 239 g/mol. The van der Waals surface area contributed by atoms with E-state index in [9.17, 15) is 9.18 Å². The van der Waals surface area contributed by atoms with Crippen LogP contribution < -0.4 is 4.90 Å². The fourth-order valence-electron chi connectivity index (χ4n) is 1.70. The maximum absolute atomic E-state index is 13.8. The van der Waals surface area contributed by atoms with E-state index >= 15 is 0 Å². The Kier molecular flexibility index (Phi) is 4.10. The standard InChI is InChI=1S/C13H18FNO2/c1-8(2)9(3)15(4)12-10(13(16)17)6-5-7-11(12)14/h5-9H,1-4H3,(H,16,17). The summed E-state index contributed by atoms with van der Waals surface area (Å²) in [5.74, 6) is -1.30. The molecule has 0 bridgehead atoms. The molecule has 3 nitrogen and oxygen atoms in total. The lowest BCUT2D eigenvalue weighted by Crippen LogP contribution is -2.34. The van der Waals surface area contributed by atoms with Crippen LogP contribution in [-0.4, -0.2) is 24.2 Å². The lowest BCUT2D eigenvalue weighted by atomic mass is 10.0. The number of carboxylic acid groups (broad SMARTS) is 1. The number of anilines is 1. The Morgan fingerprint density at radius 3 is 2.41 bits per heavy atom. The lowest BCUT2D eigenvalue weighted by Gasteiger charge is -2.31. The molecule has 0 aliphatic carbocycles. The molecule has 0 aromatic heterocycles. The summed E-state index contributed by atoms with van der Waals surface area (Å²) in [4.78, 5) is 12.8. The Morgan fingerprint density at radius 1 is 1.35 bits per heavy atom. The molecule has 0 aliphatic heterocycles. The van der Waals surface area contributed by atoms with Crippen molar-refractivity contribution in [3.05, 3.63) is 29.6 Å². The van der Waals surface area contributed by atoms with Gasteiger partial charge in [-0.25, -0.2) is 9.18 Å². The van der Waals surface area contributed by atoms with Crippen LogP contribution >= 0.6 is 0 Å². The van der Waals surface area contributed by atoms with Gasteiger partial charge in [-0.1, -0.05) is 19.9 Å². The van der Waals surface area contributed by atoms with Gasteiger partial charge in [0, 0.05) is 13.1 Å². The Balaban J connectivity index is 3.24. The van der Waals surface area contributed by atoms with Gasteiger partial charge in [0.05, 0.1) is 11.3 Å². The molecule has 0 spiro atoms. The number of para-hydroxylation sites is 1. The summed E-state index contributed by atoms with van der Waals surface area (Å²) in [6.07, 6.45) is 0. The van der Waals surface area contributed by atoms with Gasteiger partial charge in [-0.05, 0) is 25.0 Å². The molecule has 0 radical (unpaired) electrons. The number of halogens is 1. The van der Waals surface area contributed by atoms with Gasteiger partial charge in [-0.3, -0.25) is 0 Å². The van der Waals surface area contributed by atoms with Gasteiger partial charge in [-0.15, -0.1) is 0 Å². The van der Waals surface area contributed by atoms with Gasteiger partial charge in [0.25, 0.3) is 0 Å². The predicted molar refractivity (Wildman–Crippen MR) is 66.1 cm³/mol. The Labute approximate surface area is 101 Å². The van der Waals surface area contributed by atoms with E-state index in [1.807, 2.05) is 20.8 Å². The molecule has 1 aromatic carbocycles. The first kappa shape index (κ1) is 13.5. The van der Waals surface area contributed by atoms with Gasteiger partial charge in [-0.2, -0.15) is 0 Å². The number of rotatable bonds is 4. The number of hydrogen-bond donors (Lipinski definition) is 1. The maximum Gasteiger partial charge on any atom is 0.337 e. The zero-order chi connectivity index (χ0) is 13.2. The van der Waals surface area contributed by atoms with Crippen molar-refractivity contribution in [3.8, 4) is 0 Å². The molecule has 1 unspecified atom stereocenters. The zero-order valence-electron chi connectivity index (χ0n) is 10.6. The fourth-order valence-corrected chi connectivity index (χ4v) is 1.70. The second kappa shape index (κ2) is 5.17. The van der Waals surface area contributed by atoms with Crippen molar-refractivity contribution < 1.29 is 14.3 Å². The molecule has 0 amide bonds. The van der Waals surface area contributed by atoms with Crippen molar-refractivity contribution in [2.45, 2.75) is 26.8 Å². The highest BCUT2D eigenvalue weighted by Crippen LogP contribution is 2.27. The molecule has 1 N–H and O–H groups in total. The van der Waals surface area contributed by atoms with E-state index in [1.54, 1.807) is 11.9 Å². The minimum Gasteiger partial charge on any atom is -0.478 e. The average molecular weight is 239 g/mol. The largest absolute Gasteiger partial charge is 0.478 e. The second-order valence-electron chi connectivity index (χ2n) is 4.54. The van der Waals surface area contributed by atoms with E-state index < -0.39 is 11.8 Å². The fraction of sp³-hybridized carbons (Fsp3) is 0.462. The Hall–Kier alpha value is -1.58. The maximum atomic E-state index is 13.8. The van der Waals surface area contributed by atoms with Crippen molar-refractivity contribution in [2.75, 3.05) is 11.9 Å². The topological polar surface area (TPSA) is 40.5 Å². The summed E-state index contributed by atoms with van der Waals surface area (Å²) in [6.45, 7) is 5.98. The van der Waals surface area contributed by atoms with E-state index in [-0.39, 0.29) is 17.3 Å². The molecule has 1 atom stereocenters. The van der Waals surface area contributed by atoms with Gasteiger partial charge in [0.1, 0.15) is 5.82 Å². The zero-order valence-corrected chi connectivity index (χ0v) is 10.6. The molecular formula is C13H18FNO2. The number of carboxylic acids is 1. The SMILES string of the molecule is CC(C)C(C)N(C)c1c(F)cccc1C(=O)O. The lowest BCUT2D eigenvalue weighted by molar-refractivity contribution is 0.0697. The smallest absolute Gasteiger partial charge is 0.337 e. The molecule has 0 aliphatic rings. The molecule has 0 saturated carbocycles. The summed E-state index contributed by atoms with van der Waals surface area (Å²) in [5, 5.41) is 9.07. The van der Waals surface area contributed by atoms with Gasteiger partial charge in [0.2, 0.25) is 0 Å². The first-order valence-corrected chi connectivity index (χ1v) is 5.61. The Bertz CT molecular complexity index is 418. The van der Waals surface area contributed by atoms with E-state index in [0.29, 0.717) is 5.92 Å². The summed E-state index contributed by atoms with van der Waals surface area (Å²) < 4.78 is 13.8. The molecule has 1 rings (SSSR count). The molecule has 94 valence electrons. The minimum atomic E-state index is -1.11. The van der Waals surface area contributed by atoms with Crippen molar-refractivity contribution in [1.29, 1.82) is 0 Å². The van der Waals surface area contributed by atoms with E-state index in [0.717, 1.165) is 0 Å². The van der Waals surface area contributed by atoms with Crippen LogP contribution in [0.4, 0.5) is 10.1 Å². The molecule has 0 fully saturated rings. The highest BCUT2D eigenvalue weighted by molar-refractivity contribution is 5.94. The summed E-state index contributed by atoms with van der Waals surface area (Å²) in [5.41, 5.74) is 0.154. The van der Waals surface area contributed by atoms with Crippen molar-refractivity contribution in [3.63, 3.8) is 0 Å². The van der Waals surface area contributed by atoms with E-state index in [2.05, 4.69) is 0 Å². The highest BCUT2D eigenvalue weighted by atomic mass is 19.1. The third-order valence-corrected chi connectivity index (χ3v) is 3.15. The highest BCUT2D eigenvalue weighted by Gasteiger charge is 2.22. The van der Waals surface area contributed by atoms with Crippen LogP contribution in [0.3, 0.4) is 0 Å². The second-order valence-corrected chi connectivity index (χ2v) is 4.54. The van der Waals surface area contributed by atoms with Crippen molar-refractivity contribution in [1.82, 2.24) is 0 Å². The van der Waals surface area contributed by atoms with Crippen LogP contribution in [0.25, 0.3) is 0 Å². The van der Waals surface area contributed by atoms with Gasteiger partial charge < -0.3 is 10.0 Å². The van der Waals surface area contributed by atoms with Crippen molar-refractivity contribution in [2.24, 2.45) is 5.92 Å². The number of nitrogens with zero attached hydrogens (tertiary/aromatic N) is 1. The number of benzene rings is 1.